The van der Waals surface area contributed by atoms with Crippen LogP contribution in [0.5, 0.6) is 0 Å². The third kappa shape index (κ3) is 4.45. The molecule has 0 spiro atoms. The van der Waals surface area contributed by atoms with Gasteiger partial charge in [0.1, 0.15) is 0 Å². The second-order valence-corrected chi connectivity index (χ2v) is 6.86. The van der Waals surface area contributed by atoms with E-state index in [1.165, 1.54) is 10.6 Å². The first-order chi connectivity index (χ1) is 9.27. The summed E-state index contributed by atoms with van der Waals surface area (Å²) in [6.07, 6.45) is 1.11. The highest BCUT2D eigenvalue weighted by molar-refractivity contribution is 7.68. The molecule has 0 aromatic heterocycles. The van der Waals surface area contributed by atoms with E-state index in [-0.39, 0.29) is 0 Å². The Hall–Kier alpha value is -1.17. The first-order valence-electron chi connectivity index (χ1n) is 6.80. The first-order valence-corrected chi connectivity index (χ1v) is 8.06. The van der Waals surface area contributed by atoms with Crippen molar-refractivity contribution in [3.05, 3.63) is 60.7 Å². The molecule has 2 aromatic carbocycles. The molecule has 19 heavy (non-hydrogen) atoms. The number of rotatable bonds is 6. The Kier molecular flexibility index (Phi) is 5.57. The number of benzene rings is 2. The standard InChI is InChI=1S/C17H21OP/c1-15(2)13-14-18-19(16-9-5-3-6-10-16)17-11-7-4-8-12-17/h3-12,15H,13-14H2,1-2H3. The van der Waals surface area contributed by atoms with Gasteiger partial charge in [0.2, 0.25) is 0 Å². The summed E-state index contributed by atoms with van der Waals surface area (Å²) < 4.78 is 6.19. The maximum absolute atomic E-state index is 6.19. The van der Waals surface area contributed by atoms with Crippen molar-refractivity contribution in [3.8, 4) is 0 Å². The summed E-state index contributed by atoms with van der Waals surface area (Å²) in [6.45, 7) is 5.29. The average Bonchev–Trinajstić information content (AvgIpc) is 2.45. The van der Waals surface area contributed by atoms with Gasteiger partial charge in [-0.3, -0.25) is 0 Å². The van der Waals surface area contributed by atoms with Gasteiger partial charge in [-0.25, -0.2) is 0 Å². The summed E-state index contributed by atoms with van der Waals surface area (Å²) in [5, 5.41) is 2.57. The SMILES string of the molecule is CC(C)CCOP(c1ccccc1)c1ccccc1. The van der Waals surface area contributed by atoms with Crippen LogP contribution in [0.25, 0.3) is 0 Å². The van der Waals surface area contributed by atoms with Gasteiger partial charge in [0.15, 0.2) is 0 Å². The fourth-order valence-corrected chi connectivity index (χ4v) is 3.57. The van der Waals surface area contributed by atoms with Crippen molar-refractivity contribution < 1.29 is 4.52 Å². The van der Waals surface area contributed by atoms with Crippen molar-refractivity contribution >= 4 is 18.8 Å². The van der Waals surface area contributed by atoms with Gasteiger partial charge in [-0.05, 0) is 12.3 Å². The molecule has 2 aromatic rings. The average molecular weight is 272 g/mol. The van der Waals surface area contributed by atoms with E-state index in [0.717, 1.165) is 13.0 Å². The molecule has 0 unspecified atom stereocenters. The van der Waals surface area contributed by atoms with Crippen LogP contribution in [0, 0.1) is 5.92 Å². The van der Waals surface area contributed by atoms with Crippen LogP contribution >= 0.6 is 8.15 Å². The van der Waals surface area contributed by atoms with Crippen LogP contribution in [-0.4, -0.2) is 6.61 Å². The minimum atomic E-state index is -0.682. The van der Waals surface area contributed by atoms with Crippen molar-refractivity contribution in [1.82, 2.24) is 0 Å². The van der Waals surface area contributed by atoms with Gasteiger partial charge in [0, 0.05) is 10.6 Å². The van der Waals surface area contributed by atoms with Crippen molar-refractivity contribution in [2.24, 2.45) is 5.92 Å². The molecule has 0 heterocycles. The lowest BCUT2D eigenvalue weighted by atomic mass is 10.2. The molecule has 100 valence electrons. The zero-order valence-electron chi connectivity index (χ0n) is 11.6. The highest BCUT2D eigenvalue weighted by Crippen LogP contribution is 2.35. The molecule has 0 radical (unpaired) electrons. The molecule has 0 saturated heterocycles. The van der Waals surface area contributed by atoms with E-state index >= 15 is 0 Å². The number of hydrogen-bond donors (Lipinski definition) is 0. The molecule has 0 amide bonds. The van der Waals surface area contributed by atoms with E-state index in [1.807, 2.05) is 0 Å². The molecular weight excluding hydrogens is 251 g/mol. The minimum absolute atomic E-state index is 0.682. The summed E-state index contributed by atoms with van der Waals surface area (Å²) in [4.78, 5) is 0. The summed E-state index contributed by atoms with van der Waals surface area (Å²) in [5.41, 5.74) is 0. The van der Waals surface area contributed by atoms with Gasteiger partial charge < -0.3 is 4.52 Å². The van der Waals surface area contributed by atoms with E-state index in [2.05, 4.69) is 74.5 Å². The van der Waals surface area contributed by atoms with Crippen molar-refractivity contribution in [1.29, 1.82) is 0 Å². The predicted molar refractivity (Wildman–Crippen MR) is 84.5 cm³/mol. The Bertz CT molecular complexity index is 428. The maximum atomic E-state index is 6.19. The van der Waals surface area contributed by atoms with E-state index in [1.54, 1.807) is 0 Å². The summed E-state index contributed by atoms with van der Waals surface area (Å²) >= 11 is 0. The molecule has 0 N–H and O–H groups in total. The lowest BCUT2D eigenvalue weighted by Gasteiger charge is -2.19. The van der Waals surface area contributed by atoms with Crippen molar-refractivity contribution in [3.63, 3.8) is 0 Å². The topological polar surface area (TPSA) is 9.23 Å². The lowest BCUT2D eigenvalue weighted by Crippen LogP contribution is -2.14. The molecule has 0 saturated carbocycles. The van der Waals surface area contributed by atoms with Crippen LogP contribution in [0.3, 0.4) is 0 Å². The molecule has 1 nitrogen and oxygen atoms in total. The second kappa shape index (κ2) is 7.43. The highest BCUT2D eigenvalue weighted by Gasteiger charge is 2.14. The molecule has 0 aliphatic carbocycles. The van der Waals surface area contributed by atoms with E-state index in [9.17, 15) is 0 Å². The Morgan fingerprint density at radius 2 is 1.32 bits per heavy atom. The van der Waals surface area contributed by atoms with Crippen LogP contribution in [0.15, 0.2) is 60.7 Å². The van der Waals surface area contributed by atoms with Crippen molar-refractivity contribution in [2.45, 2.75) is 20.3 Å². The molecule has 2 rings (SSSR count). The summed E-state index contributed by atoms with van der Waals surface area (Å²) in [5.74, 6) is 0.684. The molecule has 2 heteroatoms. The largest absolute Gasteiger partial charge is 0.350 e. The van der Waals surface area contributed by atoms with Crippen LogP contribution in [0.2, 0.25) is 0 Å². The van der Waals surface area contributed by atoms with Crippen LogP contribution < -0.4 is 10.6 Å². The summed E-state index contributed by atoms with van der Waals surface area (Å²) in [7, 11) is -0.682. The zero-order chi connectivity index (χ0) is 13.5. The maximum Gasteiger partial charge on any atom is 0.0917 e. The predicted octanol–water partition coefficient (Wildman–Crippen LogP) is 4.10. The Morgan fingerprint density at radius 3 is 1.74 bits per heavy atom. The van der Waals surface area contributed by atoms with E-state index < -0.39 is 8.15 Å². The third-order valence-electron chi connectivity index (χ3n) is 2.90. The zero-order valence-corrected chi connectivity index (χ0v) is 12.5. The molecular formula is C17H21OP. The normalized spacial score (nSPS) is 11.2. The molecule has 0 fully saturated rings. The fraction of sp³-hybridized carbons (Fsp3) is 0.294. The number of hydrogen-bond acceptors (Lipinski definition) is 1. The highest BCUT2D eigenvalue weighted by atomic mass is 31.1. The first kappa shape index (κ1) is 14.2. The van der Waals surface area contributed by atoms with Gasteiger partial charge in [0.25, 0.3) is 0 Å². The molecule has 0 atom stereocenters. The van der Waals surface area contributed by atoms with Crippen LogP contribution in [0.1, 0.15) is 20.3 Å². The summed E-state index contributed by atoms with van der Waals surface area (Å²) in [6, 6.07) is 21.1. The second-order valence-electron chi connectivity index (χ2n) is 4.98. The van der Waals surface area contributed by atoms with Gasteiger partial charge in [-0.1, -0.05) is 74.5 Å². The van der Waals surface area contributed by atoms with E-state index in [4.69, 9.17) is 4.52 Å². The van der Waals surface area contributed by atoms with Crippen LogP contribution in [-0.2, 0) is 4.52 Å². The Labute approximate surface area is 117 Å². The lowest BCUT2D eigenvalue weighted by molar-refractivity contribution is 0.324. The van der Waals surface area contributed by atoms with E-state index in [0.29, 0.717) is 5.92 Å². The quantitative estimate of drug-likeness (QED) is 0.719. The van der Waals surface area contributed by atoms with Gasteiger partial charge in [-0.2, -0.15) is 0 Å². The Morgan fingerprint density at radius 1 is 0.842 bits per heavy atom. The van der Waals surface area contributed by atoms with Crippen molar-refractivity contribution in [2.75, 3.05) is 6.61 Å². The van der Waals surface area contributed by atoms with Crippen LogP contribution in [0.4, 0.5) is 0 Å². The third-order valence-corrected chi connectivity index (χ3v) is 4.87. The minimum Gasteiger partial charge on any atom is -0.350 e. The Balaban J connectivity index is 2.14. The van der Waals surface area contributed by atoms with Gasteiger partial charge in [-0.15, -0.1) is 0 Å². The van der Waals surface area contributed by atoms with Gasteiger partial charge >= 0.3 is 0 Å². The fourth-order valence-electron chi connectivity index (χ4n) is 1.80. The molecule has 0 aliphatic rings. The molecule has 0 aliphatic heterocycles. The van der Waals surface area contributed by atoms with Gasteiger partial charge in [0.05, 0.1) is 14.8 Å². The molecule has 0 bridgehead atoms. The smallest absolute Gasteiger partial charge is 0.0917 e. The monoisotopic (exact) mass is 272 g/mol.